The molecule has 2 N–H and O–H groups in total. The first-order chi connectivity index (χ1) is 9.04. The van der Waals surface area contributed by atoms with E-state index >= 15 is 0 Å². The number of nitrogens with two attached hydrogens (primary N) is 1. The van der Waals surface area contributed by atoms with Gasteiger partial charge in [-0.05, 0) is 32.9 Å². The molecule has 2 aromatic heterocycles. The fourth-order valence-electron chi connectivity index (χ4n) is 1.82. The number of rotatable bonds is 3. The SMILES string of the molecule is CCOC(=O)c1c(C)nn(-c2cccc(C)n2)c1N. The normalized spacial score (nSPS) is 10.5. The van der Waals surface area contributed by atoms with Crippen LogP contribution in [0.2, 0.25) is 0 Å². The average molecular weight is 260 g/mol. The van der Waals surface area contributed by atoms with Crippen molar-refractivity contribution in [3.63, 3.8) is 0 Å². The van der Waals surface area contributed by atoms with Crippen molar-refractivity contribution in [1.29, 1.82) is 0 Å². The highest BCUT2D eigenvalue weighted by Crippen LogP contribution is 2.20. The predicted molar refractivity (Wildman–Crippen MR) is 71.2 cm³/mol. The van der Waals surface area contributed by atoms with Gasteiger partial charge in [0.1, 0.15) is 11.4 Å². The number of aromatic nitrogens is 3. The molecule has 0 radical (unpaired) electrons. The van der Waals surface area contributed by atoms with Crippen LogP contribution in [0.4, 0.5) is 5.82 Å². The molecule has 0 aliphatic carbocycles. The molecule has 0 fully saturated rings. The smallest absolute Gasteiger partial charge is 0.343 e. The van der Waals surface area contributed by atoms with E-state index in [0.29, 0.717) is 23.7 Å². The van der Waals surface area contributed by atoms with E-state index < -0.39 is 5.97 Å². The fraction of sp³-hybridized carbons (Fsp3) is 0.308. The molecule has 100 valence electrons. The van der Waals surface area contributed by atoms with Gasteiger partial charge in [0.15, 0.2) is 5.82 Å². The van der Waals surface area contributed by atoms with E-state index in [1.807, 2.05) is 19.1 Å². The molecule has 19 heavy (non-hydrogen) atoms. The molecule has 0 saturated heterocycles. The van der Waals surface area contributed by atoms with Crippen molar-refractivity contribution < 1.29 is 9.53 Å². The van der Waals surface area contributed by atoms with Gasteiger partial charge in [-0.15, -0.1) is 0 Å². The van der Waals surface area contributed by atoms with Gasteiger partial charge in [0.2, 0.25) is 0 Å². The fourth-order valence-corrected chi connectivity index (χ4v) is 1.82. The first-order valence-electron chi connectivity index (χ1n) is 6.00. The molecule has 0 aliphatic rings. The Hall–Kier alpha value is -2.37. The molecule has 6 heteroatoms. The van der Waals surface area contributed by atoms with Gasteiger partial charge in [0.25, 0.3) is 0 Å². The molecule has 2 rings (SSSR count). The van der Waals surface area contributed by atoms with Crippen LogP contribution in [0.15, 0.2) is 18.2 Å². The quantitative estimate of drug-likeness (QED) is 0.848. The highest BCUT2D eigenvalue weighted by Gasteiger charge is 2.21. The molecular weight excluding hydrogens is 244 g/mol. The second kappa shape index (κ2) is 5.09. The number of nitrogen functional groups attached to an aromatic ring is 1. The third-order valence-electron chi connectivity index (χ3n) is 2.67. The summed E-state index contributed by atoms with van der Waals surface area (Å²) in [6.45, 7) is 5.64. The van der Waals surface area contributed by atoms with E-state index in [1.54, 1.807) is 19.9 Å². The van der Waals surface area contributed by atoms with Gasteiger partial charge in [0.05, 0.1) is 12.3 Å². The zero-order valence-corrected chi connectivity index (χ0v) is 11.2. The number of pyridine rings is 1. The lowest BCUT2D eigenvalue weighted by molar-refractivity contribution is 0.0527. The molecule has 0 aromatic carbocycles. The number of carbonyl (C=O) groups is 1. The number of esters is 1. The molecule has 0 aliphatic heterocycles. The van der Waals surface area contributed by atoms with Crippen molar-refractivity contribution >= 4 is 11.8 Å². The topological polar surface area (TPSA) is 83.0 Å². The molecule has 2 aromatic rings. The van der Waals surface area contributed by atoms with Crippen LogP contribution in [0.1, 0.15) is 28.7 Å². The second-order valence-electron chi connectivity index (χ2n) is 4.12. The number of hydrogen-bond donors (Lipinski definition) is 1. The van der Waals surface area contributed by atoms with Gasteiger partial charge < -0.3 is 10.5 Å². The molecule has 0 atom stereocenters. The first-order valence-corrected chi connectivity index (χ1v) is 6.00. The van der Waals surface area contributed by atoms with E-state index in [0.717, 1.165) is 5.69 Å². The Balaban J connectivity index is 2.50. The largest absolute Gasteiger partial charge is 0.462 e. The third-order valence-corrected chi connectivity index (χ3v) is 2.67. The number of carbonyl (C=O) groups excluding carboxylic acids is 1. The highest BCUT2D eigenvalue weighted by atomic mass is 16.5. The van der Waals surface area contributed by atoms with E-state index in [4.69, 9.17) is 10.5 Å². The van der Waals surface area contributed by atoms with Gasteiger partial charge in [-0.2, -0.15) is 9.78 Å². The van der Waals surface area contributed by atoms with Crippen LogP contribution in [0, 0.1) is 13.8 Å². The molecule has 0 amide bonds. The van der Waals surface area contributed by atoms with Gasteiger partial charge in [-0.25, -0.2) is 9.78 Å². The summed E-state index contributed by atoms with van der Waals surface area (Å²) >= 11 is 0. The van der Waals surface area contributed by atoms with Crippen LogP contribution in [-0.2, 0) is 4.74 Å². The standard InChI is InChI=1S/C13H16N4O2/c1-4-19-13(18)11-9(3)16-17(12(11)14)10-7-5-6-8(2)15-10/h5-7H,4,14H2,1-3H3. The third kappa shape index (κ3) is 2.42. The lowest BCUT2D eigenvalue weighted by Gasteiger charge is -2.04. The minimum absolute atomic E-state index is 0.244. The summed E-state index contributed by atoms with van der Waals surface area (Å²) in [4.78, 5) is 16.2. The van der Waals surface area contributed by atoms with Crippen molar-refractivity contribution in [3.8, 4) is 5.82 Å². The molecule has 0 bridgehead atoms. The average Bonchev–Trinajstić information content (AvgIpc) is 2.65. The van der Waals surface area contributed by atoms with Crippen molar-refractivity contribution in [2.75, 3.05) is 12.3 Å². The van der Waals surface area contributed by atoms with E-state index in [2.05, 4.69) is 10.1 Å². The molecule has 0 unspecified atom stereocenters. The Labute approximate surface area is 111 Å². The maximum Gasteiger partial charge on any atom is 0.343 e. The van der Waals surface area contributed by atoms with Crippen LogP contribution in [0.25, 0.3) is 5.82 Å². The van der Waals surface area contributed by atoms with Crippen molar-refractivity contribution in [1.82, 2.24) is 14.8 Å². The van der Waals surface area contributed by atoms with Gasteiger partial charge in [0, 0.05) is 5.69 Å². The highest BCUT2D eigenvalue weighted by molar-refractivity contribution is 5.95. The van der Waals surface area contributed by atoms with Gasteiger partial charge in [-0.3, -0.25) is 0 Å². The van der Waals surface area contributed by atoms with Crippen molar-refractivity contribution in [2.45, 2.75) is 20.8 Å². The Bertz CT molecular complexity index is 619. The number of nitrogens with zero attached hydrogens (tertiary/aromatic N) is 3. The van der Waals surface area contributed by atoms with Crippen LogP contribution in [0.3, 0.4) is 0 Å². The molecule has 6 nitrogen and oxygen atoms in total. The summed E-state index contributed by atoms with van der Waals surface area (Å²) in [6, 6.07) is 5.52. The summed E-state index contributed by atoms with van der Waals surface area (Å²) in [7, 11) is 0. The van der Waals surface area contributed by atoms with E-state index in [-0.39, 0.29) is 5.82 Å². The summed E-state index contributed by atoms with van der Waals surface area (Å²) in [6.07, 6.45) is 0. The number of hydrogen-bond acceptors (Lipinski definition) is 5. The Morgan fingerprint density at radius 2 is 2.16 bits per heavy atom. The van der Waals surface area contributed by atoms with Crippen LogP contribution < -0.4 is 5.73 Å². The lowest BCUT2D eigenvalue weighted by atomic mass is 10.2. The van der Waals surface area contributed by atoms with Gasteiger partial charge >= 0.3 is 5.97 Å². The van der Waals surface area contributed by atoms with Crippen LogP contribution in [-0.4, -0.2) is 27.3 Å². The lowest BCUT2D eigenvalue weighted by Crippen LogP contribution is -2.10. The minimum atomic E-state index is -0.462. The van der Waals surface area contributed by atoms with E-state index in [1.165, 1.54) is 4.68 Å². The van der Waals surface area contributed by atoms with Crippen molar-refractivity contribution in [2.24, 2.45) is 0 Å². The monoisotopic (exact) mass is 260 g/mol. The number of aryl methyl sites for hydroxylation is 2. The van der Waals surface area contributed by atoms with Crippen LogP contribution >= 0.6 is 0 Å². The summed E-state index contributed by atoms with van der Waals surface area (Å²) < 4.78 is 6.42. The molecule has 0 spiro atoms. The molecule has 2 heterocycles. The Morgan fingerprint density at radius 1 is 1.42 bits per heavy atom. The molecular formula is C13H16N4O2. The summed E-state index contributed by atoms with van der Waals surface area (Å²) in [5.74, 6) is 0.363. The minimum Gasteiger partial charge on any atom is -0.462 e. The zero-order chi connectivity index (χ0) is 14.0. The summed E-state index contributed by atoms with van der Waals surface area (Å²) in [5, 5.41) is 4.25. The number of ether oxygens (including phenoxy) is 1. The zero-order valence-electron chi connectivity index (χ0n) is 11.2. The first kappa shape index (κ1) is 13.1. The second-order valence-corrected chi connectivity index (χ2v) is 4.12. The van der Waals surface area contributed by atoms with Crippen LogP contribution in [0.5, 0.6) is 0 Å². The maximum absolute atomic E-state index is 11.8. The van der Waals surface area contributed by atoms with Crippen molar-refractivity contribution in [3.05, 3.63) is 35.2 Å². The maximum atomic E-state index is 11.8. The summed E-state index contributed by atoms with van der Waals surface area (Å²) in [5.41, 5.74) is 7.65. The van der Waals surface area contributed by atoms with Gasteiger partial charge in [-0.1, -0.05) is 6.07 Å². The number of anilines is 1. The molecule has 0 saturated carbocycles. The Kier molecular flexibility index (Phi) is 3.50. The predicted octanol–water partition coefficient (Wildman–Crippen LogP) is 1.64. The van der Waals surface area contributed by atoms with E-state index in [9.17, 15) is 4.79 Å². The Morgan fingerprint density at radius 3 is 2.79 bits per heavy atom.